The van der Waals surface area contributed by atoms with Crippen LogP contribution in [0, 0.1) is 0 Å². The molecule has 2 rings (SSSR count). The first-order valence-corrected chi connectivity index (χ1v) is 3.63. The highest BCUT2D eigenvalue weighted by Crippen LogP contribution is 2.35. The van der Waals surface area contributed by atoms with Gasteiger partial charge in [-0.15, -0.1) is 0 Å². The van der Waals surface area contributed by atoms with Crippen molar-refractivity contribution >= 4 is 7.98 Å². The topological polar surface area (TPSA) is 6.48 Å². The van der Waals surface area contributed by atoms with Crippen LogP contribution in [0.25, 0.3) is 0 Å². The molecule has 0 aliphatic carbocycles. The molecule has 2 heterocycles. The zero-order valence-electron chi connectivity index (χ0n) is 6.22. The molecule has 0 unspecified atom stereocenters. The van der Waals surface area contributed by atoms with E-state index >= 15 is 0 Å². The molecular formula is C6H13BN2. The minimum atomic E-state index is 0.634. The zero-order chi connectivity index (χ0) is 6.48. The van der Waals surface area contributed by atoms with E-state index in [1.54, 1.807) is 0 Å². The minimum absolute atomic E-state index is 0.634. The quantitative estimate of drug-likeness (QED) is 0.379. The second kappa shape index (κ2) is 1.52. The van der Waals surface area contributed by atoms with E-state index in [1.807, 2.05) is 0 Å². The van der Waals surface area contributed by atoms with Gasteiger partial charge in [-0.3, -0.25) is 0 Å². The smallest absolute Gasteiger partial charge is 0.186 e. The van der Waals surface area contributed by atoms with Gasteiger partial charge < -0.3 is 9.71 Å². The van der Waals surface area contributed by atoms with E-state index in [4.69, 9.17) is 0 Å². The highest BCUT2D eigenvalue weighted by atomic mass is 15.3. The molecule has 2 aliphatic heterocycles. The van der Waals surface area contributed by atoms with Crippen LogP contribution in [0.2, 0.25) is 0 Å². The Kier molecular flexibility index (Phi) is 0.973. The molecule has 0 N–H and O–H groups in total. The highest BCUT2D eigenvalue weighted by molar-refractivity contribution is 6.05. The van der Waals surface area contributed by atoms with Crippen molar-refractivity contribution in [2.45, 2.75) is 12.0 Å². The predicted molar refractivity (Wildman–Crippen MR) is 40.1 cm³/mol. The molecule has 0 aromatic rings. The van der Waals surface area contributed by atoms with Gasteiger partial charge in [-0.1, -0.05) is 0 Å². The summed E-state index contributed by atoms with van der Waals surface area (Å²) in [6.07, 6.45) is 1.42. The van der Waals surface area contributed by atoms with Gasteiger partial charge in [0.15, 0.2) is 7.98 Å². The van der Waals surface area contributed by atoms with Crippen LogP contribution < -0.4 is 0 Å². The van der Waals surface area contributed by atoms with E-state index < -0.39 is 0 Å². The Hall–Kier alpha value is -0.0151. The van der Waals surface area contributed by atoms with Crippen molar-refractivity contribution < 1.29 is 0 Å². The van der Waals surface area contributed by atoms with Gasteiger partial charge in [0.05, 0.1) is 0 Å². The fraction of sp³-hybridized carbons (Fsp3) is 1.00. The summed E-state index contributed by atoms with van der Waals surface area (Å²) in [5.74, 6) is 0. The van der Waals surface area contributed by atoms with Crippen LogP contribution in [-0.2, 0) is 0 Å². The summed E-state index contributed by atoms with van der Waals surface area (Å²) in [6, 6.07) is 0. The van der Waals surface area contributed by atoms with Crippen LogP contribution in [0.15, 0.2) is 0 Å². The fourth-order valence-electron chi connectivity index (χ4n) is 2.01. The highest BCUT2D eigenvalue weighted by Gasteiger charge is 2.49. The van der Waals surface area contributed by atoms with E-state index in [0.29, 0.717) is 5.54 Å². The van der Waals surface area contributed by atoms with Crippen LogP contribution in [0.3, 0.4) is 0 Å². The van der Waals surface area contributed by atoms with Crippen molar-refractivity contribution in [2.24, 2.45) is 0 Å². The second-order valence-corrected chi connectivity index (χ2v) is 3.57. The van der Waals surface area contributed by atoms with Gasteiger partial charge in [0.1, 0.15) is 0 Å². The maximum absolute atomic E-state index is 2.48. The monoisotopic (exact) mass is 124 g/mol. The van der Waals surface area contributed by atoms with Gasteiger partial charge in [0.2, 0.25) is 0 Å². The van der Waals surface area contributed by atoms with Gasteiger partial charge in [-0.25, -0.2) is 0 Å². The van der Waals surface area contributed by atoms with E-state index in [9.17, 15) is 0 Å². The SMILES string of the molecule is BN1CCC12CN(C)C2. The lowest BCUT2D eigenvalue weighted by Gasteiger charge is -2.61. The molecule has 2 fully saturated rings. The number of hydrogen-bond donors (Lipinski definition) is 0. The molecule has 9 heavy (non-hydrogen) atoms. The van der Waals surface area contributed by atoms with Crippen LogP contribution in [-0.4, -0.2) is 49.9 Å². The van der Waals surface area contributed by atoms with Gasteiger partial charge in [-0.05, 0) is 20.0 Å². The van der Waals surface area contributed by atoms with Gasteiger partial charge in [-0.2, -0.15) is 0 Å². The lowest BCUT2D eigenvalue weighted by molar-refractivity contribution is -0.0599. The van der Waals surface area contributed by atoms with Gasteiger partial charge in [0, 0.05) is 18.6 Å². The number of rotatable bonds is 0. The molecule has 2 nitrogen and oxygen atoms in total. The number of hydrogen-bond acceptors (Lipinski definition) is 2. The average Bonchev–Trinajstić information content (AvgIpc) is 1.77. The summed E-state index contributed by atoms with van der Waals surface area (Å²) < 4.78 is 0. The van der Waals surface area contributed by atoms with Crippen LogP contribution in [0.1, 0.15) is 6.42 Å². The Morgan fingerprint density at radius 2 is 2.11 bits per heavy atom. The summed E-state index contributed by atoms with van der Waals surface area (Å²) in [4.78, 5) is 4.86. The van der Waals surface area contributed by atoms with Crippen molar-refractivity contribution in [1.29, 1.82) is 0 Å². The molecule has 0 amide bonds. The molecule has 0 bridgehead atoms. The van der Waals surface area contributed by atoms with Gasteiger partial charge in [0.25, 0.3) is 0 Å². The van der Waals surface area contributed by atoms with Crippen LogP contribution >= 0.6 is 0 Å². The molecular weight excluding hydrogens is 111 g/mol. The summed E-state index contributed by atoms with van der Waals surface area (Å²) in [5, 5.41) is 0. The Bertz CT molecular complexity index is 131. The summed E-state index contributed by atoms with van der Waals surface area (Å²) >= 11 is 0. The Morgan fingerprint density at radius 3 is 2.22 bits per heavy atom. The number of likely N-dealkylation sites (tertiary alicyclic amines) is 1. The minimum Gasteiger partial charge on any atom is -0.342 e. The lowest BCUT2D eigenvalue weighted by atomic mass is 9.75. The fourth-order valence-corrected chi connectivity index (χ4v) is 2.01. The van der Waals surface area contributed by atoms with Crippen molar-refractivity contribution in [1.82, 2.24) is 9.71 Å². The molecule has 0 atom stereocenters. The third-order valence-electron chi connectivity index (χ3n) is 2.85. The molecule has 0 aromatic carbocycles. The molecule has 50 valence electrons. The third kappa shape index (κ3) is 0.592. The normalized spacial score (nSPS) is 33.9. The van der Waals surface area contributed by atoms with Crippen molar-refractivity contribution in [2.75, 3.05) is 26.7 Å². The van der Waals surface area contributed by atoms with Gasteiger partial charge >= 0.3 is 0 Å². The van der Waals surface area contributed by atoms with E-state index in [2.05, 4.69) is 24.7 Å². The summed E-state index contributed by atoms with van der Waals surface area (Å²) in [5.41, 5.74) is 0.634. The largest absolute Gasteiger partial charge is 0.342 e. The van der Waals surface area contributed by atoms with Crippen molar-refractivity contribution in [3.8, 4) is 0 Å². The van der Waals surface area contributed by atoms with E-state index in [-0.39, 0.29) is 0 Å². The summed E-state index contributed by atoms with van der Waals surface area (Å²) in [6.45, 7) is 3.90. The van der Waals surface area contributed by atoms with Crippen LogP contribution in [0.4, 0.5) is 0 Å². The number of likely N-dealkylation sites (N-methyl/N-ethyl adjacent to an activating group) is 1. The Labute approximate surface area is 57.2 Å². The molecule has 2 aliphatic rings. The zero-order valence-corrected chi connectivity index (χ0v) is 6.22. The molecule has 2 saturated heterocycles. The third-order valence-corrected chi connectivity index (χ3v) is 2.85. The average molecular weight is 124 g/mol. The number of nitrogens with zero attached hydrogens (tertiary/aromatic N) is 2. The first-order valence-electron chi connectivity index (χ1n) is 3.63. The Balaban J connectivity index is 1.97. The lowest BCUT2D eigenvalue weighted by Crippen LogP contribution is -2.75. The van der Waals surface area contributed by atoms with Crippen molar-refractivity contribution in [3.05, 3.63) is 0 Å². The molecule has 1 spiro atoms. The van der Waals surface area contributed by atoms with Crippen LogP contribution in [0.5, 0.6) is 0 Å². The standard InChI is InChI=1S/C6H13BN2/c1-8-4-6(5-8)2-3-9(6)7/h2-5,7H2,1H3. The van der Waals surface area contributed by atoms with E-state index in [0.717, 1.165) is 0 Å². The maximum atomic E-state index is 2.48. The predicted octanol–water partition coefficient (Wildman–Crippen LogP) is -1.08. The van der Waals surface area contributed by atoms with Crippen molar-refractivity contribution in [3.63, 3.8) is 0 Å². The summed E-state index contributed by atoms with van der Waals surface area (Å²) in [7, 11) is 4.42. The Morgan fingerprint density at radius 1 is 1.44 bits per heavy atom. The first kappa shape index (κ1) is 5.75. The van der Waals surface area contributed by atoms with E-state index in [1.165, 1.54) is 26.1 Å². The molecule has 3 heteroatoms. The molecule has 0 aromatic heterocycles. The first-order chi connectivity index (χ1) is 4.23. The second-order valence-electron chi connectivity index (χ2n) is 3.57. The maximum Gasteiger partial charge on any atom is 0.186 e. The molecule has 0 saturated carbocycles. The molecule has 0 radical (unpaired) electrons.